The average molecular weight is 351 g/mol. The van der Waals surface area contributed by atoms with E-state index in [0.717, 1.165) is 12.1 Å². The number of aromatic nitrogens is 1. The van der Waals surface area contributed by atoms with Crippen molar-refractivity contribution in [1.29, 1.82) is 0 Å². The molecule has 0 amide bonds. The predicted molar refractivity (Wildman–Crippen MR) is 90.0 cm³/mol. The molecule has 2 aromatic rings. The number of nitrogens with zero attached hydrogens (tertiary/aromatic N) is 2. The maximum Gasteiger partial charge on any atom is 0.573 e. The summed E-state index contributed by atoms with van der Waals surface area (Å²) < 4.78 is 41.8. The van der Waals surface area contributed by atoms with Crippen molar-refractivity contribution in [2.24, 2.45) is 10.7 Å². The number of benzene rings is 1. The second-order valence-corrected chi connectivity index (χ2v) is 5.13. The Bertz CT molecular complexity index is 866. The highest BCUT2D eigenvalue weighted by Crippen LogP contribution is 2.24. The van der Waals surface area contributed by atoms with Crippen LogP contribution in [0.2, 0.25) is 0 Å². The highest BCUT2D eigenvalue weighted by atomic mass is 19.4. The molecule has 0 saturated heterocycles. The summed E-state index contributed by atoms with van der Waals surface area (Å²) in [5.74, 6) is -0.364. The van der Waals surface area contributed by atoms with Crippen molar-refractivity contribution in [3.05, 3.63) is 64.2 Å². The number of rotatable bonds is 4. The van der Waals surface area contributed by atoms with Crippen LogP contribution in [0.15, 0.2) is 52.5 Å². The summed E-state index contributed by atoms with van der Waals surface area (Å²) in [6, 6.07) is 6.43. The summed E-state index contributed by atoms with van der Waals surface area (Å²) in [6.07, 6.45) is -0.283. The van der Waals surface area contributed by atoms with Crippen LogP contribution in [0.4, 0.5) is 13.2 Å². The lowest BCUT2D eigenvalue weighted by Crippen LogP contribution is -2.19. The van der Waals surface area contributed by atoms with Crippen LogP contribution in [0, 0.1) is 6.92 Å². The topological polar surface area (TPSA) is 69.6 Å². The minimum Gasteiger partial charge on any atom is -0.406 e. The van der Waals surface area contributed by atoms with Gasteiger partial charge in [0.15, 0.2) is 0 Å². The van der Waals surface area contributed by atoms with Gasteiger partial charge in [-0.1, -0.05) is 0 Å². The van der Waals surface area contributed by atoms with E-state index in [0.29, 0.717) is 22.4 Å². The lowest BCUT2D eigenvalue weighted by molar-refractivity contribution is -0.274. The molecule has 0 aliphatic rings. The molecule has 0 aliphatic carbocycles. The first-order valence-corrected chi connectivity index (χ1v) is 7.19. The Balaban J connectivity index is 2.47. The molecule has 0 bridgehead atoms. The minimum atomic E-state index is -4.77. The molecule has 0 saturated carbocycles. The first-order valence-electron chi connectivity index (χ1n) is 7.19. The molecule has 132 valence electrons. The molecule has 0 spiro atoms. The Kier molecular flexibility index (Phi) is 5.31. The first kappa shape index (κ1) is 18.3. The van der Waals surface area contributed by atoms with Crippen molar-refractivity contribution in [3.8, 4) is 11.4 Å². The zero-order valence-electron chi connectivity index (χ0n) is 13.5. The maximum absolute atomic E-state index is 12.2. The molecule has 1 aromatic heterocycles. The fourth-order valence-electron chi connectivity index (χ4n) is 2.28. The van der Waals surface area contributed by atoms with Crippen molar-refractivity contribution in [3.63, 3.8) is 0 Å². The molecule has 1 aromatic carbocycles. The largest absolute Gasteiger partial charge is 0.573 e. The SMILES string of the molecule is CN=CC(=CN)c1cn(-c2ccc(OC(F)(F)F)cc2)c(=O)cc1C. The van der Waals surface area contributed by atoms with E-state index < -0.39 is 6.36 Å². The lowest BCUT2D eigenvalue weighted by atomic mass is 10.0. The summed E-state index contributed by atoms with van der Waals surface area (Å²) in [6.45, 7) is 1.76. The molecular weight excluding hydrogens is 335 g/mol. The van der Waals surface area contributed by atoms with Gasteiger partial charge in [0.2, 0.25) is 0 Å². The van der Waals surface area contributed by atoms with Crippen LogP contribution < -0.4 is 16.0 Å². The second-order valence-electron chi connectivity index (χ2n) is 5.13. The molecule has 0 fully saturated rings. The third-order valence-electron chi connectivity index (χ3n) is 3.37. The fourth-order valence-corrected chi connectivity index (χ4v) is 2.28. The first-order chi connectivity index (χ1) is 11.7. The molecule has 1 heterocycles. The van der Waals surface area contributed by atoms with Crippen LogP contribution in [-0.2, 0) is 0 Å². The molecule has 2 rings (SSSR count). The van der Waals surface area contributed by atoms with Gasteiger partial charge in [-0.05, 0) is 36.8 Å². The van der Waals surface area contributed by atoms with Gasteiger partial charge in [-0.25, -0.2) is 0 Å². The summed E-state index contributed by atoms with van der Waals surface area (Å²) in [5, 5.41) is 0. The second kappa shape index (κ2) is 7.25. The van der Waals surface area contributed by atoms with E-state index in [-0.39, 0.29) is 11.3 Å². The number of hydrogen-bond donors (Lipinski definition) is 1. The number of hydrogen-bond acceptors (Lipinski definition) is 4. The van der Waals surface area contributed by atoms with Gasteiger partial charge in [-0.2, -0.15) is 0 Å². The standard InChI is InChI=1S/C17H16F3N3O2/c1-11-7-16(24)23(10-15(11)12(8-21)9-22-2)13-3-5-14(6-4-13)25-17(18,19)20/h3-10H,21H2,1-2H3. The number of alkyl halides is 3. The molecule has 0 atom stereocenters. The number of allylic oxidation sites excluding steroid dienone is 1. The summed E-state index contributed by atoms with van der Waals surface area (Å²) in [7, 11) is 1.59. The number of nitrogens with two attached hydrogens (primary N) is 1. The molecular formula is C17H16F3N3O2. The van der Waals surface area contributed by atoms with Crippen molar-refractivity contribution in [2.45, 2.75) is 13.3 Å². The Labute approximate surface area is 141 Å². The fraction of sp³-hybridized carbons (Fsp3) is 0.176. The molecule has 0 unspecified atom stereocenters. The molecule has 0 radical (unpaired) electrons. The predicted octanol–water partition coefficient (Wildman–Crippen LogP) is 3.04. The third-order valence-corrected chi connectivity index (χ3v) is 3.37. The molecule has 25 heavy (non-hydrogen) atoms. The quantitative estimate of drug-likeness (QED) is 0.861. The van der Waals surface area contributed by atoms with Gasteiger partial charge in [0, 0.05) is 48.5 Å². The van der Waals surface area contributed by atoms with Crippen molar-refractivity contribution in [2.75, 3.05) is 7.05 Å². The van der Waals surface area contributed by atoms with Gasteiger partial charge >= 0.3 is 6.36 Å². The van der Waals surface area contributed by atoms with E-state index in [2.05, 4.69) is 9.73 Å². The van der Waals surface area contributed by atoms with Crippen molar-refractivity contribution in [1.82, 2.24) is 4.57 Å². The van der Waals surface area contributed by atoms with Gasteiger partial charge in [-0.15, -0.1) is 13.2 Å². The van der Waals surface area contributed by atoms with Crippen LogP contribution >= 0.6 is 0 Å². The van der Waals surface area contributed by atoms with E-state index in [1.165, 1.54) is 29.0 Å². The van der Waals surface area contributed by atoms with E-state index in [1.807, 2.05) is 0 Å². The van der Waals surface area contributed by atoms with Crippen molar-refractivity contribution < 1.29 is 17.9 Å². The number of ether oxygens (including phenoxy) is 1. The lowest BCUT2D eigenvalue weighted by Gasteiger charge is -2.13. The highest BCUT2D eigenvalue weighted by molar-refractivity contribution is 6.10. The Morgan fingerprint density at radius 2 is 1.92 bits per heavy atom. The van der Waals surface area contributed by atoms with E-state index in [9.17, 15) is 18.0 Å². The summed E-state index contributed by atoms with van der Waals surface area (Å²) in [5.41, 5.74) is 7.68. The minimum absolute atomic E-state index is 0.324. The van der Waals surface area contributed by atoms with Gasteiger partial charge in [0.05, 0.1) is 0 Å². The van der Waals surface area contributed by atoms with Gasteiger partial charge in [0.25, 0.3) is 5.56 Å². The monoisotopic (exact) mass is 351 g/mol. The Morgan fingerprint density at radius 3 is 2.44 bits per heavy atom. The number of aryl methyl sites for hydroxylation is 1. The van der Waals surface area contributed by atoms with Gasteiger partial charge in [0.1, 0.15) is 5.75 Å². The van der Waals surface area contributed by atoms with Gasteiger partial charge in [-0.3, -0.25) is 14.4 Å². The summed E-state index contributed by atoms with van der Waals surface area (Å²) >= 11 is 0. The van der Waals surface area contributed by atoms with Crippen LogP contribution in [0.5, 0.6) is 5.75 Å². The zero-order chi connectivity index (χ0) is 18.6. The normalized spacial score (nSPS) is 12.6. The third kappa shape index (κ3) is 4.50. The van der Waals surface area contributed by atoms with Crippen LogP contribution in [0.1, 0.15) is 11.1 Å². The van der Waals surface area contributed by atoms with E-state index in [1.54, 1.807) is 26.4 Å². The molecule has 2 N–H and O–H groups in total. The van der Waals surface area contributed by atoms with Crippen LogP contribution in [0.25, 0.3) is 11.3 Å². The maximum atomic E-state index is 12.2. The number of halogens is 3. The molecule has 0 aliphatic heterocycles. The average Bonchev–Trinajstić information content (AvgIpc) is 2.53. The molecule has 8 heteroatoms. The highest BCUT2D eigenvalue weighted by Gasteiger charge is 2.30. The van der Waals surface area contributed by atoms with Crippen molar-refractivity contribution >= 4 is 11.8 Å². The Morgan fingerprint density at radius 1 is 1.28 bits per heavy atom. The van der Waals surface area contributed by atoms with Gasteiger partial charge < -0.3 is 10.5 Å². The van der Waals surface area contributed by atoms with Crippen LogP contribution in [-0.4, -0.2) is 24.2 Å². The number of pyridine rings is 1. The van der Waals surface area contributed by atoms with E-state index >= 15 is 0 Å². The Hall–Kier alpha value is -3.03. The smallest absolute Gasteiger partial charge is 0.406 e. The number of aliphatic imine (C=N–C) groups is 1. The van der Waals surface area contributed by atoms with E-state index in [4.69, 9.17) is 5.73 Å². The zero-order valence-corrected chi connectivity index (χ0v) is 13.5. The van der Waals surface area contributed by atoms with Crippen LogP contribution in [0.3, 0.4) is 0 Å². The summed E-state index contributed by atoms with van der Waals surface area (Å²) in [4.78, 5) is 16.2. The molecule has 5 nitrogen and oxygen atoms in total.